The zero-order valence-electron chi connectivity index (χ0n) is 11.5. The zero-order valence-corrected chi connectivity index (χ0v) is 11.5. The van der Waals surface area contributed by atoms with E-state index >= 15 is 0 Å². The second-order valence-electron chi connectivity index (χ2n) is 4.53. The molecule has 116 valence electrons. The van der Waals surface area contributed by atoms with Crippen LogP contribution >= 0.6 is 0 Å². The Morgan fingerprint density at radius 2 is 1.95 bits per heavy atom. The van der Waals surface area contributed by atoms with Gasteiger partial charge in [0.05, 0.1) is 0 Å². The molecule has 21 heavy (non-hydrogen) atoms. The molecule has 0 aliphatic heterocycles. The summed E-state index contributed by atoms with van der Waals surface area (Å²) >= 11 is 0. The average Bonchev–Trinajstić information content (AvgIpc) is 2.35. The van der Waals surface area contributed by atoms with Crippen molar-refractivity contribution in [2.75, 3.05) is 11.9 Å². The second-order valence-corrected chi connectivity index (χ2v) is 4.53. The van der Waals surface area contributed by atoms with Gasteiger partial charge in [0.2, 0.25) is 0 Å². The van der Waals surface area contributed by atoms with Gasteiger partial charge in [-0.3, -0.25) is 10.1 Å². The van der Waals surface area contributed by atoms with Crippen molar-refractivity contribution in [2.45, 2.75) is 26.1 Å². The van der Waals surface area contributed by atoms with Gasteiger partial charge in [-0.15, -0.1) is 0 Å². The summed E-state index contributed by atoms with van der Waals surface area (Å²) in [5.74, 6) is -0.350. The maximum atomic E-state index is 11.9. The van der Waals surface area contributed by atoms with Crippen molar-refractivity contribution in [1.82, 2.24) is 5.32 Å². The SMILES string of the molecule is CC(C)NC(=O)c1cccc(NC(=O)OCC(F)(F)F)c1. The van der Waals surface area contributed by atoms with E-state index in [4.69, 9.17) is 0 Å². The van der Waals surface area contributed by atoms with Crippen molar-refractivity contribution in [1.29, 1.82) is 0 Å². The highest BCUT2D eigenvalue weighted by atomic mass is 19.4. The van der Waals surface area contributed by atoms with E-state index < -0.39 is 18.9 Å². The number of nitrogens with one attached hydrogen (secondary N) is 2. The fourth-order valence-corrected chi connectivity index (χ4v) is 1.39. The summed E-state index contributed by atoms with van der Waals surface area (Å²) in [6.07, 6.45) is -5.83. The van der Waals surface area contributed by atoms with E-state index in [0.717, 1.165) is 0 Å². The number of benzene rings is 1. The van der Waals surface area contributed by atoms with Gasteiger partial charge in [-0.25, -0.2) is 4.79 Å². The van der Waals surface area contributed by atoms with Gasteiger partial charge in [-0.2, -0.15) is 13.2 Å². The van der Waals surface area contributed by atoms with Crippen molar-refractivity contribution in [3.05, 3.63) is 29.8 Å². The number of anilines is 1. The second kappa shape index (κ2) is 6.96. The molecule has 2 amide bonds. The lowest BCUT2D eigenvalue weighted by molar-refractivity contribution is -0.159. The van der Waals surface area contributed by atoms with E-state index in [2.05, 4.69) is 15.4 Å². The molecule has 0 fully saturated rings. The Kier molecular flexibility index (Phi) is 5.57. The average molecular weight is 304 g/mol. The van der Waals surface area contributed by atoms with E-state index in [9.17, 15) is 22.8 Å². The van der Waals surface area contributed by atoms with Crippen LogP contribution in [0, 0.1) is 0 Å². The van der Waals surface area contributed by atoms with E-state index in [-0.39, 0.29) is 23.2 Å². The van der Waals surface area contributed by atoms with Gasteiger partial charge < -0.3 is 10.1 Å². The van der Waals surface area contributed by atoms with Crippen LogP contribution < -0.4 is 10.6 Å². The molecule has 0 aliphatic rings. The van der Waals surface area contributed by atoms with Gasteiger partial charge in [-0.05, 0) is 32.0 Å². The highest BCUT2D eigenvalue weighted by Crippen LogP contribution is 2.16. The molecule has 1 aromatic rings. The van der Waals surface area contributed by atoms with Crippen molar-refractivity contribution < 1.29 is 27.5 Å². The molecule has 0 spiro atoms. The molecule has 1 rings (SSSR count). The number of hydrogen-bond acceptors (Lipinski definition) is 3. The summed E-state index contributed by atoms with van der Waals surface area (Å²) in [6, 6.07) is 5.72. The summed E-state index contributed by atoms with van der Waals surface area (Å²) in [7, 11) is 0. The summed E-state index contributed by atoms with van der Waals surface area (Å²) in [5, 5.41) is 4.77. The lowest BCUT2D eigenvalue weighted by atomic mass is 10.2. The minimum absolute atomic E-state index is 0.0640. The van der Waals surface area contributed by atoms with E-state index in [1.54, 1.807) is 13.8 Å². The van der Waals surface area contributed by atoms with E-state index in [1.165, 1.54) is 24.3 Å². The van der Waals surface area contributed by atoms with E-state index in [1.807, 2.05) is 0 Å². The Morgan fingerprint density at radius 1 is 1.29 bits per heavy atom. The van der Waals surface area contributed by atoms with Crippen molar-refractivity contribution >= 4 is 17.7 Å². The molecule has 0 radical (unpaired) electrons. The Balaban J connectivity index is 2.64. The van der Waals surface area contributed by atoms with Crippen LogP contribution in [0.15, 0.2) is 24.3 Å². The molecule has 5 nitrogen and oxygen atoms in total. The smallest absolute Gasteiger partial charge is 0.422 e. The van der Waals surface area contributed by atoms with Gasteiger partial charge in [0.15, 0.2) is 6.61 Å². The molecule has 0 saturated heterocycles. The van der Waals surface area contributed by atoms with Crippen LogP contribution in [0.2, 0.25) is 0 Å². The highest BCUT2D eigenvalue weighted by Gasteiger charge is 2.29. The number of rotatable bonds is 4. The normalized spacial score (nSPS) is 11.1. The van der Waals surface area contributed by atoms with Gasteiger partial charge in [-0.1, -0.05) is 6.07 Å². The van der Waals surface area contributed by atoms with Crippen LogP contribution in [0.4, 0.5) is 23.7 Å². The fourth-order valence-electron chi connectivity index (χ4n) is 1.39. The van der Waals surface area contributed by atoms with Crippen LogP contribution in [0.1, 0.15) is 24.2 Å². The van der Waals surface area contributed by atoms with Crippen LogP contribution in [0.3, 0.4) is 0 Å². The van der Waals surface area contributed by atoms with Gasteiger partial charge in [0.25, 0.3) is 5.91 Å². The lowest BCUT2D eigenvalue weighted by Gasteiger charge is -2.11. The molecule has 8 heteroatoms. The molecular formula is C13H15F3N2O3. The predicted octanol–water partition coefficient (Wildman–Crippen LogP) is 2.94. The monoisotopic (exact) mass is 304 g/mol. The van der Waals surface area contributed by atoms with Crippen LogP contribution in [0.25, 0.3) is 0 Å². The molecular weight excluding hydrogens is 289 g/mol. The first kappa shape index (κ1) is 16.8. The third kappa shape index (κ3) is 6.64. The first-order chi connectivity index (χ1) is 9.67. The van der Waals surface area contributed by atoms with Gasteiger partial charge in [0, 0.05) is 17.3 Å². The molecule has 2 N–H and O–H groups in total. The van der Waals surface area contributed by atoms with Crippen LogP contribution in [-0.2, 0) is 4.74 Å². The molecule has 0 unspecified atom stereocenters. The molecule has 0 aliphatic carbocycles. The summed E-state index contributed by atoms with van der Waals surface area (Å²) in [5.41, 5.74) is 0.441. The third-order valence-electron chi connectivity index (χ3n) is 2.16. The fraction of sp³-hybridized carbons (Fsp3) is 0.385. The Labute approximate surface area is 119 Å². The van der Waals surface area contributed by atoms with Crippen molar-refractivity contribution in [3.8, 4) is 0 Å². The largest absolute Gasteiger partial charge is 0.440 e. The topological polar surface area (TPSA) is 67.4 Å². The predicted molar refractivity (Wildman–Crippen MR) is 70.1 cm³/mol. The molecule has 0 aromatic heterocycles. The minimum Gasteiger partial charge on any atom is -0.440 e. The molecule has 0 saturated carbocycles. The number of ether oxygens (including phenoxy) is 1. The van der Waals surface area contributed by atoms with Gasteiger partial charge in [0.1, 0.15) is 0 Å². The third-order valence-corrected chi connectivity index (χ3v) is 2.16. The number of carbonyl (C=O) groups excluding carboxylic acids is 2. The quantitative estimate of drug-likeness (QED) is 0.898. The van der Waals surface area contributed by atoms with Crippen LogP contribution in [0.5, 0.6) is 0 Å². The van der Waals surface area contributed by atoms with Crippen molar-refractivity contribution in [3.63, 3.8) is 0 Å². The number of halogens is 3. The number of carbonyl (C=O) groups is 2. The first-order valence-electron chi connectivity index (χ1n) is 6.09. The maximum Gasteiger partial charge on any atom is 0.422 e. The Bertz CT molecular complexity index is 516. The zero-order chi connectivity index (χ0) is 16.0. The highest BCUT2D eigenvalue weighted by molar-refractivity contribution is 5.96. The molecule has 0 bridgehead atoms. The first-order valence-corrected chi connectivity index (χ1v) is 6.09. The summed E-state index contributed by atoms with van der Waals surface area (Å²) in [6.45, 7) is 1.90. The van der Waals surface area contributed by atoms with E-state index in [0.29, 0.717) is 0 Å². The summed E-state index contributed by atoms with van der Waals surface area (Å²) < 4.78 is 39.7. The maximum absolute atomic E-state index is 11.9. The molecule has 0 heterocycles. The Hall–Kier alpha value is -2.25. The Morgan fingerprint density at radius 3 is 2.52 bits per heavy atom. The number of alkyl halides is 3. The minimum atomic E-state index is -4.59. The number of amides is 2. The van der Waals surface area contributed by atoms with Crippen molar-refractivity contribution in [2.24, 2.45) is 0 Å². The molecule has 1 aromatic carbocycles. The molecule has 0 atom stereocenters. The van der Waals surface area contributed by atoms with Gasteiger partial charge >= 0.3 is 12.3 Å². The standard InChI is InChI=1S/C13H15F3N2O3/c1-8(2)17-11(19)9-4-3-5-10(6-9)18-12(20)21-7-13(14,15)16/h3-6,8H,7H2,1-2H3,(H,17,19)(H,18,20). The summed E-state index contributed by atoms with van der Waals surface area (Å²) in [4.78, 5) is 22.9. The number of hydrogen-bond donors (Lipinski definition) is 2. The van der Waals surface area contributed by atoms with Crippen LogP contribution in [-0.4, -0.2) is 30.8 Å². The lowest BCUT2D eigenvalue weighted by Crippen LogP contribution is -2.30.